The molecule has 1 fully saturated rings. The largest absolute Gasteiger partial charge is 0.481 e. The van der Waals surface area contributed by atoms with Crippen LogP contribution in [-0.4, -0.2) is 40.6 Å². The van der Waals surface area contributed by atoms with Gasteiger partial charge in [-0.1, -0.05) is 12.8 Å². The molecule has 0 aromatic rings. The summed E-state index contributed by atoms with van der Waals surface area (Å²) < 4.78 is 0. The summed E-state index contributed by atoms with van der Waals surface area (Å²) in [6.07, 6.45) is 7.79. The number of carboxylic acids is 1. The number of terminal acetylenes is 1. The average Bonchev–Trinajstić information content (AvgIpc) is 3.10. The van der Waals surface area contributed by atoms with Crippen molar-refractivity contribution >= 4 is 12.0 Å². The zero-order valence-electron chi connectivity index (χ0n) is 9.98. The SMILES string of the molecule is C#CC(CC)NC(=O)N(CCC(=O)O)C1CC1. The van der Waals surface area contributed by atoms with Gasteiger partial charge in [0.15, 0.2) is 0 Å². The van der Waals surface area contributed by atoms with Crippen molar-refractivity contribution in [3.63, 3.8) is 0 Å². The number of nitrogens with zero attached hydrogens (tertiary/aromatic N) is 1. The standard InChI is InChI=1S/C12H18N2O3/c1-3-9(4-2)13-12(17)14(10-5-6-10)8-7-11(15)16/h1,9-10H,4-8H2,2H3,(H,13,17)(H,15,16). The topological polar surface area (TPSA) is 69.6 Å². The Hall–Kier alpha value is -1.70. The molecule has 5 heteroatoms. The zero-order chi connectivity index (χ0) is 12.8. The van der Waals surface area contributed by atoms with E-state index in [0.717, 1.165) is 12.8 Å². The molecule has 0 aliphatic heterocycles. The summed E-state index contributed by atoms with van der Waals surface area (Å²) in [4.78, 5) is 24.0. The lowest BCUT2D eigenvalue weighted by Crippen LogP contribution is -2.46. The van der Waals surface area contributed by atoms with Crippen molar-refractivity contribution in [3.8, 4) is 12.3 Å². The van der Waals surface area contributed by atoms with E-state index in [9.17, 15) is 9.59 Å². The minimum absolute atomic E-state index is 0.0310. The van der Waals surface area contributed by atoms with Gasteiger partial charge in [0.25, 0.3) is 0 Å². The van der Waals surface area contributed by atoms with Gasteiger partial charge >= 0.3 is 12.0 Å². The number of carbonyl (C=O) groups is 2. The molecular weight excluding hydrogens is 220 g/mol. The molecule has 1 aliphatic carbocycles. The third-order valence-corrected chi connectivity index (χ3v) is 2.72. The molecule has 0 spiro atoms. The Balaban J connectivity index is 2.49. The van der Waals surface area contributed by atoms with Crippen LogP contribution < -0.4 is 5.32 Å². The minimum atomic E-state index is -0.896. The molecule has 1 rings (SSSR count). The number of amides is 2. The highest BCUT2D eigenvalue weighted by Gasteiger charge is 2.33. The molecule has 0 bridgehead atoms. The van der Waals surface area contributed by atoms with E-state index < -0.39 is 5.97 Å². The van der Waals surface area contributed by atoms with Crippen LogP contribution in [0.3, 0.4) is 0 Å². The van der Waals surface area contributed by atoms with E-state index >= 15 is 0 Å². The second-order valence-electron chi connectivity index (χ2n) is 4.15. The molecule has 1 unspecified atom stereocenters. The van der Waals surface area contributed by atoms with Crippen molar-refractivity contribution in [1.29, 1.82) is 0 Å². The number of hydrogen-bond acceptors (Lipinski definition) is 2. The van der Waals surface area contributed by atoms with Crippen molar-refractivity contribution in [2.75, 3.05) is 6.54 Å². The summed E-state index contributed by atoms with van der Waals surface area (Å²) in [7, 11) is 0. The first kappa shape index (κ1) is 13.4. The molecule has 5 nitrogen and oxygen atoms in total. The average molecular weight is 238 g/mol. The number of hydrogen-bond donors (Lipinski definition) is 2. The third-order valence-electron chi connectivity index (χ3n) is 2.72. The molecule has 0 aromatic heterocycles. The van der Waals surface area contributed by atoms with E-state index in [1.807, 2.05) is 6.92 Å². The molecule has 0 aromatic carbocycles. The summed E-state index contributed by atoms with van der Waals surface area (Å²) in [5, 5.41) is 11.3. The molecule has 2 amide bonds. The summed E-state index contributed by atoms with van der Waals surface area (Å²) in [6.45, 7) is 2.14. The van der Waals surface area contributed by atoms with Crippen LogP contribution >= 0.6 is 0 Å². The highest BCUT2D eigenvalue weighted by molar-refractivity contribution is 5.76. The lowest BCUT2D eigenvalue weighted by Gasteiger charge is -2.23. The summed E-state index contributed by atoms with van der Waals surface area (Å²) in [5.41, 5.74) is 0. The quantitative estimate of drug-likeness (QED) is 0.679. The van der Waals surface area contributed by atoms with Crippen LogP contribution in [0.4, 0.5) is 4.79 Å². The highest BCUT2D eigenvalue weighted by atomic mass is 16.4. The van der Waals surface area contributed by atoms with Gasteiger partial charge in [0, 0.05) is 12.6 Å². The van der Waals surface area contributed by atoms with Crippen LogP contribution in [0.5, 0.6) is 0 Å². The van der Waals surface area contributed by atoms with Crippen molar-refractivity contribution in [1.82, 2.24) is 10.2 Å². The third kappa shape index (κ3) is 4.35. The number of nitrogens with one attached hydrogen (secondary N) is 1. The first-order valence-corrected chi connectivity index (χ1v) is 5.83. The summed E-state index contributed by atoms with van der Waals surface area (Å²) in [5.74, 6) is 1.59. The van der Waals surface area contributed by atoms with Crippen LogP contribution in [0.15, 0.2) is 0 Å². The van der Waals surface area contributed by atoms with Crippen LogP contribution in [0, 0.1) is 12.3 Å². The normalized spacial score (nSPS) is 15.8. The van der Waals surface area contributed by atoms with E-state index in [4.69, 9.17) is 11.5 Å². The molecular formula is C12H18N2O3. The number of rotatable bonds is 6. The molecule has 1 aliphatic rings. The minimum Gasteiger partial charge on any atom is -0.481 e. The lowest BCUT2D eigenvalue weighted by atomic mass is 10.2. The molecule has 0 heterocycles. The molecule has 94 valence electrons. The molecule has 2 N–H and O–H groups in total. The van der Waals surface area contributed by atoms with E-state index in [-0.39, 0.29) is 31.1 Å². The maximum absolute atomic E-state index is 11.9. The van der Waals surface area contributed by atoms with Gasteiger partial charge in [-0.2, -0.15) is 0 Å². The fourth-order valence-corrected chi connectivity index (χ4v) is 1.55. The first-order valence-electron chi connectivity index (χ1n) is 5.83. The van der Waals surface area contributed by atoms with Gasteiger partial charge in [-0.15, -0.1) is 6.42 Å². The highest BCUT2D eigenvalue weighted by Crippen LogP contribution is 2.27. The van der Waals surface area contributed by atoms with Crippen molar-refractivity contribution < 1.29 is 14.7 Å². The van der Waals surface area contributed by atoms with Crippen LogP contribution in [-0.2, 0) is 4.79 Å². The Kier molecular flexibility index (Phi) is 4.83. The Bertz CT molecular complexity index is 331. The lowest BCUT2D eigenvalue weighted by molar-refractivity contribution is -0.137. The van der Waals surface area contributed by atoms with Gasteiger partial charge in [0.1, 0.15) is 0 Å². The molecule has 1 saturated carbocycles. The smallest absolute Gasteiger partial charge is 0.318 e. The Morgan fingerprint density at radius 2 is 2.24 bits per heavy atom. The van der Waals surface area contributed by atoms with E-state index in [1.54, 1.807) is 4.90 Å². The van der Waals surface area contributed by atoms with Crippen LogP contribution in [0.2, 0.25) is 0 Å². The maximum Gasteiger partial charge on any atom is 0.318 e. The predicted octanol–water partition coefficient (Wildman–Crippen LogP) is 1.05. The zero-order valence-corrected chi connectivity index (χ0v) is 9.98. The maximum atomic E-state index is 11.9. The molecule has 0 radical (unpaired) electrons. The van der Waals surface area contributed by atoms with Gasteiger partial charge in [-0.3, -0.25) is 4.79 Å². The fourth-order valence-electron chi connectivity index (χ4n) is 1.55. The van der Waals surface area contributed by atoms with Crippen molar-refractivity contribution in [2.45, 2.75) is 44.7 Å². The number of carboxylic acid groups (broad SMARTS) is 1. The Morgan fingerprint density at radius 1 is 1.59 bits per heavy atom. The number of urea groups is 1. The number of aliphatic carboxylic acids is 1. The van der Waals surface area contributed by atoms with Gasteiger partial charge in [-0.05, 0) is 19.3 Å². The monoisotopic (exact) mass is 238 g/mol. The van der Waals surface area contributed by atoms with E-state index in [0.29, 0.717) is 6.42 Å². The van der Waals surface area contributed by atoms with Gasteiger partial charge in [0.2, 0.25) is 0 Å². The predicted molar refractivity (Wildman–Crippen MR) is 63.4 cm³/mol. The van der Waals surface area contributed by atoms with Crippen LogP contribution in [0.1, 0.15) is 32.6 Å². The molecule has 1 atom stereocenters. The number of carbonyl (C=O) groups excluding carboxylic acids is 1. The summed E-state index contributed by atoms with van der Waals surface area (Å²) in [6, 6.07) is -0.350. The van der Waals surface area contributed by atoms with E-state index in [2.05, 4.69) is 11.2 Å². The van der Waals surface area contributed by atoms with Crippen LogP contribution in [0.25, 0.3) is 0 Å². The Morgan fingerprint density at radius 3 is 2.65 bits per heavy atom. The fraction of sp³-hybridized carbons (Fsp3) is 0.667. The van der Waals surface area contributed by atoms with Crippen molar-refractivity contribution in [3.05, 3.63) is 0 Å². The van der Waals surface area contributed by atoms with Gasteiger partial charge in [-0.25, -0.2) is 4.79 Å². The first-order chi connectivity index (χ1) is 8.08. The van der Waals surface area contributed by atoms with Gasteiger partial charge in [0.05, 0.1) is 12.5 Å². The van der Waals surface area contributed by atoms with E-state index in [1.165, 1.54) is 0 Å². The molecule has 0 saturated heterocycles. The Labute approximate surface area is 101 Å². The van der Waals surface area contributed by atoms with Gasteiger partial charge < -0.3 is 15.3 Å². The second-order valence-corrected chi connectivity index (χ2v) is 4.15. The summed E-state index contributed by atoms with van der Waals surface area (Å²) >= 11 is 0. The molecule has 17 heavy (non-hydrogen) atoms. The van der Waals surface area contributed by atoms with Crippen molar-refractivity contribution in [2.24, 2.45) is 0 Å². The second kappa shape index (κ2) is 6.14.